The van der Waals surface area contributed by atoms with E-state index >= 15 is 0 Å². The van der Waals surface area contributed by atoms with E-state index in [9.17, 15) is 4.57 Å². The second-order valence-corrected chi connectivity index (χ2v) is 7.36. The summed E-state index contributed by atoms with van der Waals surface area (Å²) in [5.41, 5.74) is 6.07. The third kappa shape index (κ3) is 7.03. The van der Waals surface area contributed by atoms with Crippen molar-refractivity contribution in [1.29, 1.82) is 0 Å². The molecule has 1 aliphatic rings. The minimum absolute atomic E-state index is 0.0637. The van der Waals surface area contributed by atoms with Crippen LogP contribution in [-0.4, -0.2) is 19.3 Å². The summed E-state index contributed by atoms with van der Waals surface area (Å²) in [4.78, 5) is 0. The van der Waals surface area contributed by atoms with E-state index in [1.54, 1.807) is 6.08 Å². The molecular formula is C15H30NO3P. The Kier molecular flexibility index (Phi) is 8.70. The topological polar surface area (TPSA) is 61.5 Å². The molecule has 1 rings (SSSR count). The molecule has 20 heavy (non-hydrogen) atoms. The summed E-state index contributed by atoms with van der Waals surface area (Å²) in [6.45, 7) is 4.36. The van der Waals surface area contributed by atoms with Crippen LogP contribution in [0.1, 0.15) is 58.8 Å². The van der Waals surface area contributed by atoms with Gasteiger partial charge in [0.25, 0.3) is 0 Å². The minimum Gasteiger partial charge on any atom is -0.324 e. The molecule has 1 aliphatic carbocycles. The third-order valence-electron chi connectivity index (χ3n) is 3.77. The summed E-state index contributed by atoms with van der Waals surface area (Å²) in [5, 5.41) is 0. The molecule has 0 aromatic heterocycles. The molecule has 5 heteroatoms. The van der Waals surface area contributed by atoms with Crippen molar-refractivity contribution in [3.05, 3.63) is 11.9 Å². The smallest absolute Gasteiger partial charge is 0.324 e. The third-order valence-corrected chi connectivity index (χ3v) is 5.54. The quantitative estimate of drug-likeness (QED) is 0.639. The van der Waals surface area contributed by atoms with Gasteiger partial charge in [0.05, 0.1) is 13.2 Å². The maximum Gasteiger partial charge on any atom is 0.353 e. The highest BCUT2D eigenvalue weighted by Crippen LogP contribution is 2.49. The monoisotopic (exact) mass is 303 g/mol. The van der Waals surface area contributed by atoms with E-state index < -0.39 is 7.60 Å². The van der Waals surface area contributed by atoms with Crippen molar-refractivity contribution in [2.24, 2.45) is 11.7 Å². The second-order valence-electron chi connectivity index (χ2n) is 5.46. The van der Waals surface area contributed by atoms with E-state index in [1.807, 2.05) is 13.8 Å². The van der Waals surface area contributed by atoms with E-state index in [0.29, 0.717) is 13.2 Å². The van der Waals surface area contributed by atoms with Gasteiger partial charge in [-0.15, -0.1) is 0 Å². The van der Waals surface area contributed by atoms with Crippen molar-refractivity contribution >= 4 is 7.60 Å². The maximum atomic E-state index is 12.2. The van der Waals surface area contributed by atoms with E-state index in [4.69, 9.17) is 14.8 Å². The molecule has 1 fully saturated rings. The van der Waals surface area contributed by atoms with Crippen molar-refractivity contribution in [2.45, 2.75) is 64.8 Å². The molecule has 0 saturated heterocycles. The zero-order valence-electron chi connectivity index (χ0n) is 12.9. The number of hydrogen-bond donors (Lipinski definition) is 1. The highest BCUT2D eigenvalue weighted by Gasteiger charge is 2.19. The molecule has 0 amide bonds. The molecule has 0 aliphatic heterocycles. The van der Waals surface area contributed by atoms with Crippen LogP contribution < -0.4 is 5.73 Å². The Labute approximate surface area is 123 Å². The Morgan fingerprint density at radius 1 is 1.20 bits per heavy atom. The maximum absolute atomic E-state index is 12.2. The Bertz CT molecular complexity index is 317. The molecule has 0 aromatic rings. The first kappa shape index (κ1) is 17.9. The second kappa shape index (κ2) is 9.73. The molecule has 0 aromatic carbocycles. The summed E-state index contributed by atoms with van der Waals surface area (Å²) in [5.74, 6) is 2.36. The molecule has 4 nitrogen and oxygen atoms in total. The molecule has 1 unspecified atom stereocenters. The Balaban J connectivity index is 2.36. The van der Waals surface area contributed by atoms with Crippen LogP contribution in [0.15, 0.2) is 11.9 Å². The molecular weight excluding hydrogens is 273 g/mol. The first-order chi connectivity index (χ1) is 9.59. The Morgan fingerprint density at radius 2 is 1.80 bits per heavy atom. The highest BCUT2D eigenvalue weighted by molar-refractivity contribution is 7.57. The van der Waals surface area contributed by atoms with Crippen LogP contribution in [0.2, 0.25) is 0 Å². The lowest BCUT2D eigenvalue weighted by Crippen LogP contribution is -2.19. The molecule has 1 atom stereocenters. The van der Waals surface area contributed by atoms with E-state index in [1.165, 1.54) is 44.3 Å². The minimum atomic E-state index is -3.09. The van der Waals surface area contributed by atoms with E-state index in [0.717, 1.165) is 12.3 Å². The van der Waals surface area contributed by atoms with Gasteiger partial charge in [-0.1, -0.05) is 38.2 Å². The molecule has 0 heterocycles. The fourth-order valence-electron chi connectivity index (χ4n) is 2.70. The summed E-state index contributed by atoms with van der Waals surface area (Å²) in [7, 11) is -3.09. The van der Waals surface area contributed by atoms with Crippen LogP contribution in [0.25, 0.3) is 0 Å². The Hall–Kier alpha value is -0.150. The van der Waals surface area contributed by atoms with Gasteiger partial charge in [0, 0.05) is 11.9 Å². The van der Waals surface area contributed by atoms with Crippen LogP contribution in [0.5, 0.6) is 0 Å². The van der Waals surface area contributed by atoms with Gasteiger partial charge < -0.3 is 14.8 Å². The van der Waals surface area contributed by atoms with Crippen molar-refractivity contribution < 1.29 is 13.6 Å². The summed E-state index contributed by atoms with van der Waals surface area (Å²) >= 11 is 0. The molecule has 1 saturated carbocycles. The van der Waals surface area contributed by atoms with Crippen molar-refractivity contribution in [1.82, 2.24) is 0 Å². The molecule has 0 bridgehead atoms. The average molecular weight is 303 g/mol. The molecule has 2 N–H and O–H groups in total. The van der Waals surface area contributed by atoms with Gasteiger partial charge in [-0.2, -0.15) is 0 Å². The van der Waals surface area contributed by atoms with Crippen LogP contribution >= 0.6 is 7.60 Å². The average Bonchev–Trinajstić information content (AvgIpc) is 2.45. The lowest BCUT2D eigenvalue weighted by atomic mass is 9.85. The van der Waals surface area contributed by atoms with Gasteiger partial charge in [0.15, 0.2) is 0 Å². The summed E-state index contributed by atoms with van der Waals surface area (Å²) < 4.78 is 22.6. The lowest BCUT2D eigenvalue weighted by Gasteiger charge is -2.22. The van der Waals surface area contributed by atoms with Crippen molar-refractivity contribution in [3.63, 3.8) is 0 Å². The highest BCUT2D eigenvalue weighted by atomic mass is 31.2. The predicted octanol–water partition coefficient (Wildman–Crippen LogP) is 4.45. The number of rotatable bonds is 9. The number of nitrogens with two attached hydrogens (primary N) is 1. The van der Waals surface area contributed by atoms with Crippen LogP contribution in [0.3, 0.4) is 0 Å². The summed E-state index contributed by atoms with van der Waals surface area (Å²) in [6.07, 6.45) is 10.7. The van der Waals surface area contributed by atoms with E-state index in [2.05, 4.69) is 0 Å². The zero-order valence-corrected chi connectivity index (χ0v) is 13.8. The van der Waals surface area contributed by atoms with Crippen molar-refractivity contribution in [3.8, 4) is 0 Å². The fraction of sp³-hybridized carbons (Fsp3) is 0.867. The zero-order chi connectivity index (χ0) is 14.8. The van der Waals surface area contributed by atoms with Gasteiger partial charge in [0.2, 0.25) is 0 Å². The first-order valence-corrected chi connectivity index (χ1v) is 9.54. The van der Waals surface area contributed by atoms with Gasteiger partial charge >= 0.3 is 7.60 Å². The largest absolute Gasteiger partial charge is 0.353 e. The molecule has 0 radical (unpaired) electrons. The van der Waals surface area contributed by atoms with Gasteiger partial charge in [-0.3, -0.25) is 4.57 Å². The SMILES string of the molecule is CCOP(=O)(/C=C/C(N)CCC1CCCCC1)OCC. The first-order valence-electron chi connectivity index (χ1n) is 7.93. The summed E-state index contributed by atoms with van der Waals surface area (Å²) in [6, 6.07) is -0.0637. The van der Waals surface area contributed by atoms with Crippen LogP contribution in [-0.2, 0) is 13.6 Å². The molecule has 118 valence electrons. The normalized spacial score (nSPS) is 19.6. The fourth-order valence-corrected chi connectivity index (χ4v) is 4.10. The predicted molar refractivity (Wildman–Crippen MR) is 83.8 cm³/mol. The number of hydrogen-bond acceptors (Lipinski definition) is 4. The Morgan fingerprint density at radius 3 is 2.35 bits per heavy atom. The molecule has 0 spiro atoms. The van der Waals surface area contributed by atoms with Gasteiger partial charge in [0.1, 0.15) is 0 Å². The van der Waals surface area contributed by atoms with Crippen LogP contribution in [0.4, 0.5) is 0 Å². The lowest BCUT2D eigenvalue weighted by molar-refractivity contribution is 0.228. The van der Waals surface area contributed by atoms with Gasteiger partial charge in [-0.05, 0) is 32.6 Å². The van der Waals surface area contributed by atoms with Crippen LogP contribution in [0, 0.1) is 5.92 Å². The van der Waals surface area contributed by atoms with Gasteiger partial charge in [-0.25, -0.2) is 0 Å². The standard InChI is InChI=1S/C15H30NO3P/c1-3-18-20(17,19-4-2)13-12-15(16)11-10-14-8-6-5-7-9-14/h12-15H,3-11,16H2,1-2H3/b13-12+. The van der Waals surface area contributed by atoms with Crippen molar-refractivity contribution in [2.75, 3.05) is 13.2 Å². The van der Waals surface area contributed by atoms with E-state index in [-0.39, 0.29) is 6.04 Å².